The molecule has 22 heavy (non-hydrogen) atoms. The van der Waals surface area contributed by atoms with Gasteiger partial charge in [0.05, 0.1) is 11.2 Å². The van der Waals surface area contributed by atoms with E-state index in [-0.39, 0.29) is 11.8 Å². The van der Waals surface area contributed by atoms with Crippen LogP contribution in [0.15, 0.2) is 42.5 Å². The summed E-state index contributed by atoms with van der Waals surface area (Å²) in [6, 6.07) is 12.0. The van der Waals surface area contributed by atoms with Gasteiger partial charge in [-0.05, 0) is 42.5 Å². The van der Waals surface area contributed by atoms with E-state index in [2.05, 4.69) is 25.4 Å². The second-order valence-corrected chi connectivity index (χ2v) is 4.88. The van der Waals surface area contributed by atoms with E-state index in [9.17, 15) is 4.39 Å². The highest BCUT2D eigenvalue weighted by Crippen LogP contribution is 2.29. The molecule has 0 bridgehead atoms. The summed E-state index contributed by atoms with van der Waals surface area (Å²) < 4.78 is 13.1. The maximum Gasteiger partial charge on any atom is 0.239 e. The second kappa shape index (κ2) is 4.66. The second-order valence-electron chi connectivity index (χ2n) is 4.88. The molecule has 0 spiro atoms. The molecule has 0 saturated heterocycles. The summed E-state index contributed by atoms with van der Waals surface area (Å²) in [5.74, 6) is 0.508. The van der Waals surface area contributed by atoms with Gasteiger partial charge in [0, 0.05) is 16.5 Å². The van der Waals surface area contributed by atoms with Crippen LogP contribution in [0.3, 0.4) is 0 Å². The molecule has 0 aliphatic rings. The fraction of sp³-hybridized carbons (Fsp3) is 0. The predicted molar refractivity (Wildman–Crippen MR) is 81.3 cm³/mol. The van der Waals surface area contributed by atoms with Crippen LogP contribution in [-0.2, 0) is 0 Å². The molecule has 4 rings (SSSR count). The molecule has 0 amide bonds. The first-order chi connectivity index (χ1) is 10.7. The Morgan fingerprint density at radius 3 is 2.41 bits per heavy atom. The number of halogens is 1. The summed E-state index contributed by atoms with van der Waals surface area (Å²) >= 11 is 0. The van der Waals surface area contributed by atoms with Crippen LogP contribution >= 0.6 is 0 Å². The van der Waals surface area contributed by atoms with Gasteiger partial charge in [0.15, 0.2) is 5.82 Å². The smallest absolute Gasteiger partial charge is 0.239 e. The highest BCUT2D eigenvalue weighted by molar-refractivity contribution is 5.95. The Morgan fingerprint density at radius 2 is 1.68 bits per heavy atom. The van der Waals surface area contributed by atoms with Crippen LogP contribution < -0.4 is 5.73 Å². The lowest BCUT2D eigenvalue weighted by molar-refractivity contribution is 0.628. The van der Waals surface area contributed by atoms with Crippen molar-refractivity contribution >= 4 is 16.9 Å². The number of aromatic nitrogens is 5. The lowest BCUT2D eigenvalue weighted by Crippen LogP contribution is -1.85. The number of benzene rings is 2. The van der Waals surface area contributed by atoms with E-state index in [1.54, 1.807) is 12.1 Å². The molecular weight excluding hydrogens is 283 g/mol. The number of hydrogen-bond donors (Lipinski definition) is 3. The average Bonchev–Trinajstić information content (AvgIpc) is 3.14. The van der Waals surface area contributed by atoms with Crippen molar-refractivity contribution in [2.45, 2.75) is 0 Å². The number of hydrogen-bond acceptors (Lipinski definition) is 4. The van der Waals surface area contributed by atoms with E-state index < -0.39 is 0 Å². The Balaban J connectivity index is 1.88. The van der Waals surface area contributed by atoms with Gasteiger partial charge in [0.25, 0.3) is 0 Å². The zero-order chi connectivity index (χ0) is 15.1. The van der Waals surface area contributed by atoms with Gasteiger partial charge in [-0.25, -0.2) is 4.39 Å². The molecule has 2 heterocycles. The molecule has 0 radical (unpaired) electrons. The zero-order valence-electron chi connectivity index (χ0n) is 11.3. The van der Waals surface area contributed by atoms with E-state index in [4.69, 9.17) is 5.73 Å². The summed E-state index contributed by atoms with van der Waals surface area (Å²) in [5, 5.41) is 14.8. The van der Waals surface area contributed by atoms with Crippen molar-refractivity contribution in [3.05, 3.63) is 48.3 Å². The van der Waals surface area contributed by atoms with E-state index in [1.165, 1.54) is 12.1 Å². The quantitative estimate of drug-likeness (QED) is 0.529. The van der Waals surface area contributed by atoms with Gasteiger partial charge in [-0.2, -0.15) is 10.1 Å². The van der Waals surface area contributed by atoms with Crippen molar-refractivity contribution in [1.29, 1.82) is 0 Å². The molecule has 0 aliphatic heterocycles. The summed E-state index contributed by atoms with van der Waals surface area (Å²) in [7, 11) is 0. The lowest BCUT2D eigenvalue weighted by Gasteiger charge is -2.00. The monoisotopic (exact) mass is 294 g/mol. The van der Waals surface area contributed by atoms with Crippen molar-refractivity contribution in [1.82, 2.24) is 25.4 Å². The number of rotatable bonds is 2. The zero-order valence-corrected chi connectivity index (χ0v) is 11.3. The Kier molecular flexibility index (Phi) is 2.65. The van der Waals surface area contributed by atoms with Gasteiger partial charge in [0.2, 0.25) is 5.95 Å². The number of anilines is 1. The third-order valence-corrected chi connectivity index (χ3v) is 3.46. The van der Waals surface area contributed by atoms with Gasteiger partial charge in [-0.15, -0.1) is 5.10 Å². The molecule has 0 saturated carbocycles. The van der Waals surface area contributed by atoms with Gasteiger partial charge in [0.1, 0.15) is 5.82 Å². The SMILES string of the molecule is Nc1n[nH]c(-c2ccc3[nH]nc(-c4ccc(F)cc4)c3c2)n1. The van der Waals surface area contributed by atoms with Crippen LogP contribution in [0.2, 0.25) is 0 Å². The predicted octanol–water partition coefficient (Wildman–Crippen LogP) is 2.74. The highest BCUT2D eigenvalue weighted by Gasteiger charge is 2.11. The van der Waals surface area contributed by atoms with E-state index >= 15 is 0 Å². The largest absolute Gasteiger partial charge is 0.366 e. The van der Waals surface area contributed by atoms with E-state index in [1.807, 2.05) is 18.2 Å². The van der Waals surface area contributed by atoms with Crippen LogP contribution in [0.1, 0.15) is 0 Å². The molecule has 0 unspecified atom stereocenters. The summed E-state index contributed by atoms with van der Waals surface area (Å²) in [6.45, 7) is 0. The van der Waals surface area contributed by atoms with Crippen LogP contribution in [-0.4, -0.2) is 25.4 Å². The first-order valence-corrected chi connectivity index (χ1v) is 6.63. The number of fused-ring (bicyclic) bond motifs is 1. The Morgan fingerprint density at radius 1 is 0.909 bits per heavy atom. The van der Waals surface area contributed by atoms with Crippen molar-refractivity contribution in [3.8, 4) is 22.6 Å². The molecule has 2 aromatic heterocycles. The van der Waals surface area contributed by atoms with E-state index in [0.717, 1.165) is 27.7 Å². The number of nitrogen functional groups attached to an aromatic ring is 1. The normalized spacial score (nSPS) is 11.1. The van der Waals surface area contributed by atoms with Gasteiger partial charge in [-0.1, -0.05) is 0 Å². The summed E-state index contributed by atoms with van der Waals surface area (Å²) in [6.07, 6.45) is 0. The molecule has 4 N–H and O–H groups in total. The van der Waals surface area contributed by atoms with E-state index in [0.29, 0.717) is 5.82 Å². The molecule has 2 aromatic carbocycles. The van der Waals surface area contributed by atoms with Crippen molar-refractivity contribution in [2.75, 3.05) is 5.73 Å². The fourth-order valence-corrected chi connectivity index (χ4v) is 2.39. The Hall–Kier alpha value is -3.22. The molecule has 0 atom stereocenters. The number of nitrogens with zero attached hydrogens (tertiary/aromatic N) is 3. The lowest BCUT2D eigenvalue weighted by atomic mass is 10.1. The third-order valence-electron chi connectivity index (χ3n) is 3.46. The van der Waals surface area contributed by atoms with Gasteiger partial charge < -0.3 is 5.73 Å². The Labute approximate surface area is 124 Å². The first-order valence-electron chi connectivity index (χ1n) is 6.63. The standard InChI is InChI=1S/C15H11FN6/c16-10-4-1-8(2-5-10)13-11-7-9(3-6-12(11)19-20-13)14-18-15(17)22-21-14/h1-7H,(H,19,20)(H3,17,18,21,22). The maximum atomic E-state index is 13.1. The van der Waals surface area contributed by atoms with Crippen molar-refractivity contribution in [3.63, 3.8) is 0 Å². The number of H-pyrrole nitrogens is 2. The van der Waals surface area contributed by atoms with Gasteiger partial charge in [-0.3, -0.25) is 10.2 Å². The summed E-state index contributed by atoms with van der Waals surface area (Å²) in [4.78, 5) is 4.12. The molecule has 4 aromatic rings. The third kappa shape index (κ3) is 1.99. The molecule has 0 aliphatic carbocycles. The number of aromatic amines is 2. The van der Waals surface area contributed by atoms with Crippen LogP contribution in [0.4, 0.5) is 10.3 Å². The molecule has 7 heteroatoms. The topological polar surface area (TPSA) is 96.3 Å². The minimum absolute atomic E-state index is 0.195. The molecular formula is C15H11FN6. The minimum atomic E-state index is -0.276. The maximum absolute atomic E-state index is 13.1. The minimum Gasteiger partial charge on any atom is -0.366 e. The number of nitrogens with one attached hydrogen (secondary N) is 2. The fourth-order valence-electron chi connectivity index (χ4n) is 2.39. The highest BCUT2D eigenvalue weighted by atomic mass is 19.1. The average molecular weight is 294 g/mol. The molecule has 0 fully saturated rings. The summed E-state index contributed by atoms with van der Waals surface area (Å²) in [5.41, 5.74) is 8.86. The van der Waals surface area contributed by atoms with Gasteiger partial charge >= 0.3 is 0 Å². The Bertz CT molecular complexity index is 954. The van der Waals surface area contributed by atoms with Crippen LogP contribution in [0, 0.1) is 5.82 Å². The van der Waals surface area contributed by atoms with Crippen LogP contribution in [0.5, 0.6) is 0 Å². The number of nitrogens with two attached hydrogens (primary N) is 1. The molecule has 108 valence electrons. The van der Waals surface area contributed by atoms with Crippen molar-refractivity contribution in [2.24, 2.45) is 0 Å². The first kappa shape index (κ1) is 12.5. The van der Waals surface area contributed by atoms with Crippen molar-refractivity contribution < 1.29 is 4.39 Å². The molecule has 6 nitrogen and oxygen atoms in total. The van der Waals surface area contributed by atoms with Crippen LogP contribution in [0.25, 0.3) is 33.5 Å².